The molecule has 3 aromatic carbocycles. The van der Waals surface area contributed by atoms with Crippen LogP contribution in [0.3, 0.4) is 0 Å². The standard InChI is InChI=1S/C29H23ClN4O11S/c1-3-43-24-11-16(5-9-23(24)45-22-10-7-18(33(39)40)14-21(22)34(41)42)12-25-27(36)32(29(38)46-25)15-26(35)31-17-6-8-20(30)19(13-17)28(37)44-4-2/h5-14H,3-4,15H2,1-2H3,(H,31,35)/b25-12+. The summed E-state index contributed by atoms with van der Waals surface area (Å²) in [7, 11) is 0. The van der Waals surface area contributed by atoms with E-state index >= 15 is 0 Å². The lowest BCUT2D eigenvalue weighted by atomic mass is 10.1. The fourth-order valence-electron chi connectivity index (χ4n) is 4.03. The zero-order chi connectivity index (χ0) is 33.5. The highest BCUT2D eigenvalue weighted by molar-refractivity contribution is 8.18. The van der Waals surface area contributed by atoms with Crippen molar-refractivity contribution < 1.29 is 43.2 Å². The third-order valence-corrected chi connectivity index (χ3v) is 7.29. The van der Waals surface area contributed by atoms with E-state index in [4.69, 9.17) is 25.8 Å². The molecule has 0 aromatic heterocycles. The topological polar surface area (TPSA) is 198 Å². The molecule has 0 unspecified atom stereocenters. The average Bonchev–Trinajstić information content (AvgIpc) is 3.26. The van der Waals surface area contributed by atoms with Crippen molar-refractivity contribution in [3.63, 3.8) is 0 Å². The lowest BCUT2D eigenvalue weighted by molar-refractivity contribution is -0.394. The number of imide groups is 1. The summed E-state index contributed by atoms with van der Waals surface area (Å²) >= 11 is 6.66. The number of carbonyl (C=O) groups excluding carboxylic acids is 4. The number of nitro groups is 2. The van der Waals surface area contributed by atoms with Crippen LogP contribution in [0.25, 0.3) is 6.08 Å². The molecule has 17 heteroatoms. The van der Waals surface area contributed by atoms with Crippen molar-refractivity contribution in [2.45, 2.75) is 13.8 Å². The Balaban J connectivity index is 1.50. The second-order valence-corrected chi connectivity index (χ2v) is 10.5. The molecule has 3 amide bonds. The molecule has 238 valence electrons. The number of hydrogen-bond acceptors (Lipinski definition) is 12. The fourth-order valence-corrected chi connectivity index (χ4v) is 5.07. The minimum Gasteiger partial charge on any atom is -0.490 e. The van der Waals surface area contributed by atoms with Crippen LogP contribution in [0.5, 0.6) is 17.2 Å². The number of thioether (sulfide) groups is 1. The number of carbonyl (C=O) groups is 4. The van der Waals surface area contributed by atoms with Gasteiger partial charge in [0.2, 0.25) is 11.7 Å². The van der Waals surface area contributed by atoms with Crippen LogP contribution in [0.15, 0.2) is 59.5 Å². The van der Waals surface area contributed by atoms with Crippen LogP contribution in [-0.4, -0.2) is 57.5 Å². The summed E-state index contributed by atoms with van der Waals surface area (Å²) in [6, 6.07) is 11.5. The molecule has 1 fully saturated rings. The van der Waals surface area contributed by atoms with Crippen molar-refractivity contribution in [2.75, 3.05) is 25.1 Å². The number of nitrogens with one attached hydrogen (secondary N) is 1. The van der Waals surface area contributed by atoms with Gasteiger partial charge in [-0.3, -0.25) is 39.5 Å². The van der Waals surface area contributed by atoms with Crippen LogP contribution in [0.4, 0.5) is 21.9 Å². The van der Waals surface area contributed by atoms with E-state index in [0.29, 0.717) is 17.3 Å². The van der Waals surface area contributed by atoms with Crippen molar-refractivity contribution >= 4 is 69.5 Å². The minimum absolute atomic E-state index is 0.0102. The SMILES string of the molecule is CCOC(=O)c1cc(NC(=O)CN2C(=O)S/C(=C/c3ccc(Oc4ccc([N+](=O)[O-])cc4[N+](=O)[O-])c(OCC)c3)C2=O)ccc1Cl. The first kappa shape index (κ1) is 33.4. The third kappa shape index (κ3) is 7.77. The van der Waals surface area contributed by atoms with Crippen LogP contribution in [0, 0.1) is 20.2 Å². The Kier molecular flexibility index (Phi) is 10.6. The molecule has 3 aromatic rings. The first-order chi connectivity index (χ1) is 21.9. The summed E-state index contributed by atoms with van der Waals surface area (Å²) in [6.45, 7) is 3.00. The summed E-state index contributed by atoms with van der Waals surface area (Å²) < 4.78 is 16.2. The molecule has 0 radical (unpaired) electrons. The monoisotopic (exact) mass is 670 g/mol. The molecule has 15 nitrogen and oxygen atoms in total. The summed E-state index contributed by atoms with van der Waals surface area (Å²) in [5, 5.41) is 24.5. The van der Waals surface area contributed by atoms with Gasteiger partial charge in [-0.15, -0.1) is 0 Å². The van der Waals surface area contributed by atoms with Gasteiger partial charge in [-0.05, 0) is 73.6 Å². The largest absolute Gasteiger partial charge is 0.490 e. The maximum atomic E-state index is 13.1. The number of amides is 3. The van der Waals surface area contributed by atoms with Crippen LogP contribution < -0.4 is 14.8 Å². The van der Waals surface area contributed by atoms with E-state index in [2.05, 4.69) is 5.32 Å². The number of benzene rings is 3. The molecular weight excluding hydrogens is 648 g/mol. The van der Waals surface area contributed by atoms with Gasteiger partial charge in [-0.25, -0.2) is 4.79 Å². The minimum atomic E-state index is -0.816. The zero-order valence-corrected chi connectivity index (χ0v) is 25.6. The summed E-state index contributed by atoms with van der Waals surface area (Å²) in [6.07, 6.45) is 1.40. The maximum Gasteiger partial charge on any atom is 0.339 e. The summed E-state index contributed by atoms with van der Waals surface area (Å²) in [5.74, 6) is -2.20. The Morgan fingerprint density at radius 1 is 0.957 bits per heavy atom. The van der Waals surface area contributed by atoms with Gasteiger partial charge >= 0.3 is 11.7 Å². The Morgan fingerprint density at radius 3 is 2.37 bits per heavy atom. The molecular formula is C29H23ClN4O11S. The number of ether oxygens (including phenoxy) is 3. The van der Waals surface area contributed by atoms with Gasteiger partial charge in [0.1, 0.15) is 6.54 Å². The molecule has 46 heavy (non-hydrogen) atoms. The number of esters is 1. The number of anilines is 1. The van der Waals surface area contributed by atoms with Crippen molar-refractivity contribution in [3.8, 4) is 17.2 Å². The third-order valence-electron chi connectivity index (χ3n) is 6.06. The first-order valence-corrected chi connectivity index (χ1v) is 14.5. The number of halogens is 1. The van der Waals surface area contributed by atoms with Crippen molar-refractivity contribution in [1.29, 1.82) is 0 Å². The van der Waals surface area contributed by atoms with E-state index < -0.39 is 50.8 Å². The van der Waals surface area contributed by atoms with E-state index in [0.717, 1.165) is 23.1 Å². The highest BCUT2D eigenvalue weighted by atomic mass is 35.5. The normalized spacial score (nSPS) is 13.5. The van der Waals surface area contributed by atoms with Crippen LogP contribution in [-0.2, 0) is 14.3 Å². The van der Waals surface area contributed by atoms with Crippen LogP contribution >= 0.6 is 23.4 Å². The van der Waals surface area contributed by atoms with Crippen LogP contribution in [0.1, 0.15) is 29.8 Å². The van der Waals surface area contributed by atoms with E-state index in [-0.39, 0.29) is 51.6 Å². The lowest BCUT2D eigenvalue weighted by Crippen LogP contribution is -2.36. The molecule has 0 saturated carbocycles. The molecule has 0 spiro atoms. The van der Waals surface area contributed by atoms with Gasteiger partial charge in [-0.2, -0.15) is 0 Å². The highest BCUT2D eigenvalue weighted by Gasteiger charge is 2.36. The number of nitrogens with zero attached hydrogens (tertiary/aromatic N) is 3. The van der Waals surface area contributed by atoms with E-state index in [1.165, 1.54) is 42.5 Å². The molecule has 1 saturated heterocycles. The highest BCUT2D eigenvalue weighted by Crippen LogP contribution is 2.40. The fraction of sp³-hybridized carbons (Fsp3) is 0.172. The zero-order valence-electron chi connectivity index (χ0n) is 24.0. The molecule has 1 N–H and O–H groups in total. The summed E-state index contributed by atoms with van der Waals surface area (Å²) in [4.78, 5) is 72.2. The predicted octanol–water partition coefficient (Wildman–Crippen LogP) is 6.20. The number of non-ortho nitro benzene ring substituents is 1. The van der Waals surface area contributed by atoms with Gasteiger partial charge in [-0.1, -0.05) is 17.7 Å². The molecule has 1 aliphatic rings. The quantitative estimate of drug-likeness (QED) is 0.0992. The molecule has 0 atom stereocenters. The Bertz CT molecular complexity index is 1800. The van der Waals surface area contributed by atoms with E-state index in [1.54, 1.807) is 13.8 Å². The van der Waals surface area contributed by atoms with Crippen molar-refractivity contribution in [2.24, 2.45) is 0 Å². The van der Waals surface area contributed by atoms with Crippen LogP contribution in [0.2, 0.25) is 5.02 Å². The average molecular weight is 671 g/mol. The van der Waals surface area contributed by atoms with Gasteiger partial charge in [0, 0.05) is 11.8 Å². The molecule has 0 bridgehead atoms. The van der Waals surface area contributed by atoms with Gasteiger partial charge in [0.15, 0.2) is 11.5 Å². The summed E-state index contributed by atoms with van der Waals surface area (Å²) in [5.41, 5.74) is -0.487. The van der Waals surface area contributed by atoms with E-state index in [1.807, 2.05) is 0 Å². The molecule has 0 aliphatic carbocycles. The molecule has 1 aliphatic heterocycles. The second-order valence-electron chi connectivity index (χ2n) is 9.14. The molecule has 1 heterocycles. The Labute approximate surface area is 269 Å². The van der Waals surface area contributed by atoms with Gasteiger partial charge in [0.25, 0.3) is 16.8 Å². The number of hydrogen-bond donors (Lipinski definition) is 1. The predicted molar refractivity (Wildman–Crippen MR) is 166 cm³/mol. The number of rotatable bonds is 12. The number of nitro benzene ring substituents is 2. The molecule has 4 rings (SSSR count). The van der Waals surface area contributed by atoms with Gasteiger partial charge in [0.05, 0.1) is 44.6 Å². The first-order valence-electron chi connectivity index (χ1n) is 13.3. The maximum absolute atomic E-state index is 13.1. The smallest absolute Gasteiger partial charge is 0.339 e. The van der Waals surface area contributed by atoms with Crippen molar-refractivity contribution in [1.82, 2.24) is 4.90 Å². The van der Waals surface area contributed by atoms with Gasteiger partial charge < -0.3 is 19.5 Å². The lowest BCUT2D eigenvalue weighted by Gasteiger charge is -2.13. The Hall–Kier alpha value is -5.48. The Morgan fingerprint density at radius 2 is 1.70 bits per heavy atom. The van der Waals surface area contributed by atoms with E-state index in [9.17, 15) is 39.4 Å². The second kappa shape index (κ2) is 14.5. The van der Waals surface area contributed by atoms with Crippen molar-refractivity contribution in [3.05, 3.63) is 95.9 Å².